The van der Waals surface area contributed by atoms with Gasteiger partial charge in [0, 0.05) is 51.2 Å². The van der Waals surface area contributed by atoms with Crippen LogP contribution in [0.1, 0.15) is 24.2 Å². The molecular weight excluding hydrogens is 388 g/mol. The van der Waals surface area contributed by atoms with Gasteiger partial charge in [-0.3, -0.25) is 24.2 Å². The van der Waals surface area contributed by atoms with Gasteiger partial charge < -0.3 is 14.7 Å². The van der Waals surface area contributed by atoms with Crippen LogP contribution in [0.3, 0.4) is 0 Å². The lowest BCUT2D eigenvalue weighted by Gasteiger charge is -2.43. The fourth-order valence-corrected chi connectivity index (χ4v) is 4.12. The standard InChI is InChI=1S/C19H26N8O3/c1-24-16(11-21-23-24)10-18(29)25-6-2-3-15(12-25)27-8-7-26(13-19(27)30)17(28)9-14-4-5-20-22-14/h4-5,11,15H,2-3,6-10,12-13H2,1H3,(H,20,22). The van der Waals surface area contributed by atoms with Crippen LogP contribution >= 0.6 is 0 Å². The zero-order valence-electron chi connectivity index (χ0n) is 17.0. The van der Waals surface area contributed by atoms with Crippen LogP contribution in [-0.4, -0.2) is 96.4 Å². The quantitative estimate of drug-likeness (QED) is 0.669. The summed E-state index contributed by atoms with van der Waals surface area (Å²) in [6.45, 7) is 2.29. The number of piperidine rings is 1. The second-order valence-electron chi connectivity index (χ2n) is 7.82. The third-order valence-electron chi connectivity index (χ3n) is 5.84. The fourth-order valence-electron chi connectivity index (χ4n) is 4.12. The monoisotopic (exact) mass is 414 g/mol. The van der Waals surface area contributed by atoms with Crippen LogP contribution in [0.5, 0.6) is 0 Å². The molecule has 1 unspecified atom stereocenters. The first-order chi connectivity index (χ1) is 14.5. The van der Waals surface area contributed by atoms with Crippen molar-refractivity contribution in [3.63, 3.8) is 0 Å². The van der Waals surface area contributed by atoms with Crippen LogP contribution in [0, 0.1) is 0 Å². The Bertz CT molecular complexity index is 909. The Hall–Kier alpha value is -3.24. The lowest BCUT2D eigenvalue weighted by atomic mass is 10.0. The van der Waals surface area contributed by atoms with Crippen LogP contribution in [0.15, 0.2) is 18.5 Å². The maximum atomic E-state index is 12.8. The Kier molecular flexibility index (Phi) is 5.77. The number of likely N-dealkylation sites (tertiary alicyclic amines) is 1. The summed E-state index contributed by atoms with van der Waals surface area (Å²) in [7, 11) is 1.76. The summed E-state index contributed by atoms with van der Waals surface area (Å²) < 4.78 is 1.60. The third-order valence-corrected chi connectivity index (χ3v) is 5.84. The number of rotatable bonds is 5. The molecule has 1 atom stereocenters. The summed E-state index contributed by atoms with van der Waals surface area (Å²) in [6.07, 6.45) is 5.38. The van der Waals surface area contributed by atoms with Crippen LogP contribution in [-0.2, 0) is 34.3 Å². The van der Waals surface area contributed by atoms with Crippen molar-refractivity contribution in [2.75, 3.05) is 32.7 Å². The minimum atomic E-state index is -0.0857. The fraction of sp³-hybridized carbons (Fsp3) is 0.579. The average Bonchev–Trinajstić information content (AvgIpc) is 3.40. The zero-order valence-corrected chi connectivity index (χ0v) is 17.0. The Labute approximate surface area is 174 Å². The number of aryl methyl sites for hydroxylation is 1. The predicted molar refractivity (Wildman–Crippen MR) is 105 cm³/mol. The summed E-state index contributed by atoms with van der Waals surface area (Å²) in [4.78, 5) is 43.2. The molecule has 0 bridgehead atoms. The molecule has 0 radical (unpaired) electrons. The van der Waals surface area contributed by atoms with Gasteiger partial charge in [0.05, 0.1) is 31.3 Å². The number of hydrogen-bond donors (Lipinski definition) is 1. The van der Waals surface area contributed by atoms with Gasteiger partial charge in [-0.25, -0.2) is 0 Å². The lowest BCUT2D eigenvalue weighted by molar-refractivity contribution is -0.149. The minimum absolute atomic E-state index is 0.00952. The molecule has 30 heavy (non-hydrogen) atoms. The molecule has 2 aliphatic rings. The highest BCUT2D eigenvalue weighted by molar-refractivity contribution is 5.87. The van der Waals surface area contributed by atoms with E-state index in [0.717, 1.165) is 24.2 Å². The molecular formula is C19H26N8O3. The van der Waals surface area contributed by atoms with Crippen LogP contribution in [0.4, 0.5) is 0 Å². The molecule has 2 fully saturated rings. The van der Waals surface area contributed by atoms with E-state index < -0.39 is 0 Å². The lowest BCUT2D eigenvalue weighted by Crippen LogP contribution is -2.59. The highest BCUT2D eigenvalue weighted by atomic mass is 16.2. The normalized spacial score (nSPS) is 20.0. The van der Waals surface area contributed by atoms with Gasteiger partial charge >= 0.3 is 0 Å². The van der Waals surface area contributed by atoms with E-state index in [1.807, 2.05) is 9.80 Å². The van der Waals surface area contributed by atoms with E-state index in [1.54, 1.807) is 35.1 Å². The van der Waals surface area contributed by atoms with Gasteiger partial charge in [0.1, 0.15) is 0 Å². The van der Waals surface area contributed by atoms with Crippen LogP contribution < -0.4 is 0 Å². The topological polar surface area (TPSA) is 120 Å². The maximum Gasteiger partial charge on any atom is 0.242 e. The zero-order chi connectivity index (χ0) is 21.1. The molecule has 3 amide bonds. The van der Waals surface area contributed by atoms with Gasteiger partial charge in [0.2, 0.25) is 17.7 Å². The smallest absolute Gasteiger partial charge is 0.242 e. The number of nitrogens with zero attached hydrogens (tertiary/aromatic N) is 7. The first-order valence-corrected chi connectivity index (χ1v) is 10.2. The molecule has 0 aliphatic carbocycles. The summed E-state index contributed by atoms with van der Waals surface area (Å²) >= 11 is 0. The van der Waals surface area contributed by atoms with Crippen molar-refractivity contribution in [2.45, 2.75) is 31.7 Å². The largest absolute Gasteiger partial charge is 0.340 e. The molecule has 2 saturated heterocycles. The number of carbonyl (C=O) groups excluding carboxylic acids is 3. The maximum absolute atomic E-state index is 12.8. The molecule has 0 saturated carbocycles. The van der Waals surface area contributed by atoms with Gasteiger partial charge in [-0.15, -0.1) is 5.10 Å². The van der Waals surface area contributed by atoms with Crippen molar-refractivity contribution >= 4 is 17.7 Å². The van der Waals surface area contributed by atoms with Gasteiger partial charge in [-0.05, 0) is 18.9 Å². The molecule has 4 heterocycles. The number of piperazine rings is 1. The molecule has 1 N–H and O–H groups in total. The molecule has 2 aromatic heterocycles. The SMILES string of the molecule is Cn1nncc1CC(=O)N1CCCC(N2CCN(C(=O)Cc3ccn[nH]3)CC2=O)C1. The molecule has 11 heteroatoms. The molecule has 0 aromatic carbocycles. The highest BCUT2D eigenvalue weighted by Crippen LogP contribution is 2.19. The molecule has 0 spiro atoms. The minimum Gasteiger partial charge on any atom is -0.340 e. The number of amides is 3. The van der Waals surface area contributed by atoms with E-state index in [2.05, 4.69) is 20.5 Å². The van der Waals surface area contributed by atoms with E-state index in [4.69, 9.17) is 0 Å². The number of H-pyrrole nitrogens is 1. The first kappa shape index (κ1) is 20.0. The molecule has 2 aliphatic heterocycles. The van der Waals surface area contributed by atoms with Gasteiger partial charge in [0.15, 0.2) is 0 Å². The van der Waals surface area contributed by atoms with Crippen LogP contribution in [0.25, 0.3) is 0 Å². The predicted octanol–water partition coefficient (Wildman–Crippen LogP) is -1.01. The Morgan fingerprint density at radius 1 is 1.17 bits per heavy atom. The molecule has 160 valence electrons. The van der Waals surface area contributed by atoms with Gasteiger partial charge in [-0.2, -0.15) is 5.10 Å². The number of hydrogen-bond acceptors (Lipinski definition) is 6. The average molecular weight is 414 g/mol. The van der Waals surface area contributed by atoms with Gasteiger partial charge in [-0.1, -0.05) is 5.21 Å². The van der Waals surface area contributed by atoms with Crippen molar-refractivity contribution in [1.29, 1.82) is 0 Å². The summed E-state index contributed by atoms with van der Waals surface area (Å²) in [6, 6.07) is 1.75. The first-order valence-electron chi connectivity index (χ1n) is 10.2. The Morgan fingerprint density at radius 3 is 2.70 bits per heavy atom. The molecule has 2 aromatic rings. The highest BCUT2D eigenvalue weighted by Gasteiger charge is 2.35. The van der Waals surface area contributed by atoms with Crippen LogP contribution in [0.2, 0.25) is 0 Å². The second-order valence-corrected chi connectivity index (χ2v) is 7.82. The van der Waals surface area contributed by atoms with Crippen molar-refractivity contribution in [2.24, 2.45) is 7.05 Å². The van der Waals surface area contributed by atoms with E-state index in [1.165, 1.54) is 0 Å². The van der Waals surface area contributed by atoms with E-state index in [-0.39, 0.29) is 43.1 Å². The Balaban J connectivity index is 1.32. The van der Waals surface area contributed by atoms with Gasteiger partial charge in [0.25, 0.3) is 0 Å². The molecule has 4 rings (SSSR count). The van der Waals surface area contributed by atoms with E-state index >= 15 is 0 Å². The Morgan fingerprint density at radius 2 is 2.00 bits per heavy atom. The number of carbonyl (C=O) groups is 3. The number of aromatic amines is 1. The van der Waals surface area contributed by atoms with E-state index in [9.17, 15) is 14.4 Å². The van der Waals surface area contributed by atoms with Crippen molar-refractivity contribution < 1.29 is 14.4 Å². The van der Waals surface area contributed by atoms with E-state index in [0.29, 0.717) is 26.2 Å². The molecule has 11 nitrogen and oxygen atoms in total. The van der Waals surface area contributed by atoms with Crippen molar-refractivity contribution in [1.82, 2.24) is 39.9 Å². The number of nitrogens with one attached hydrogen (secondary N) is 1. The third kappa shape index (κ3) is 4.34. The summed E-state index contributed by atoms with van der Waals surface area (Å²) in [5, 5.41) is 14.3. The summed E-state index contributed by atoms with van der Waals surface area (Å²) in [5.41, 5.74) is 1.50. The second kappa shape index (κ2) is 8.64. The number of aromatic nitrogens is 5. The summed E-state index contributed by atoms with van der Waals surface area (Å²) in [5.74, 6) is -0.127. The van der Waals surface area contributed by atoms with Crippen molar-refractivity contribution in [3.8, 4) is 0 Å². The van der Waals surface area contributed by atoms with Crippen molar-refractivity contribution in [3.05, 3.63) is 29.8 Å².